The normalized spacial score (nSPS) is 24.5. The Bertz CT molecular complexity index is 375. The second-order valence-electron chi connectivity index (χ2n) is 4.81. The fraction of sp³-hybridized carbons (Fsp3) is 0.750. The lowest BCUT2D eigenvalue weighted by molar-refractivity contribution is -0.185. The topological polar surface area (TPSA) is 47.7 Å². The second kappa shape index (κ2) is 4.40. The van der Waals surface area contributed by atoms with Gasteiger partial charge in [-0.3, -0.25) is 4.90 Å². The van der Waals surface area contributed by atoms with Crippen LogP contribution in [-0.4, -0.2) is 42.1 Å². The Morgan fingerprint density at radius 3 is 2.59 bits per heavy atom. The third kappa shape index (κ3) is 2.36. The molecule has 1 spiro atoms. The van der Waals surface area contributed by atoms with Crippen molar-refractivity contribution in [2.45, 2.75) is 32.1 Å². The summed E-state index contributed by atoms with van der Waals surface area (Å²) in [6, 6.07) is 1.99. The van der Waals surface area contributed by atoms with Crippen molar-refractivity contribution in [3.63, 3.8) is 0 Å². The Labute approximate surface area is 101 Å². The zero-order valence-electron chi connectivity index (χ0n) is 10.1. The lowest BCUT2D eigenvalue weighted by Crippen LogP contribution is -2.44. The van der Waals surface area contributed by atoms with Gasteiger partial charge in [-0.2, -0.15) is 0 Å². The average molecular weight is 238 g/mol. The minimum Gasteiger partial charge on any atom is -0.361 e. The molecule has 94 valence electrons. The highest BCUT2D eigenvalue weighted by Crippen LogP contribution is 2.31. The zero-order chi connectivity index (χ0) is 11.7. The highest BCUT2D eigenvalue weighted by Gasteiger charge is 2.39. The lowest BCUT2D eigenvalue weighted by atomic mass is 10.0. The molecule has 17 heavy (non-hydrogen) atoms. The van der Waals surface area contributed by atoms with Gasteiger partial charge in [0.2, 0.25) is 0 Å². The smallest absolute Gasteiger partial charge is 0.170 e. The van der Waals surface area contributed by atoms with E-state index in [9.17, 15) is 0 Å². The summed E-state index contributed by atoms with van der Waals surface area (Å²) < 4.78 is 16.5. The van der Waals surface area contributed by atoms with Crippen molar-refractivity contribution in [3.05, 3.63) is 17.5 Å². The van der Waals surface area contributed by atoms with Crippen LogP contribution in [0.1, 0.15) is 24.3 Å². The van der Waals surface area contributed by atoms with E-state index < -0.39 is 0 Å². The molecule has 2 aliphatic rings. The third-order valence-corrected chi connectivity index (χ3v) is 3.49. The molecule has 0 saturated carbocycles. The molecule has 0 bridgehead atoms. The Morgan fingerprint density at radius 1 is 1.29 bits per heavy atom. The van der Waals surface area contributed by atoms with Crippen molar-refractivity contribution >= 4 is 0 Å². The van der Waals surface area contributed by atoms with Gasteiger partial charge in [0.1, 0.15) is 5.76 Å². The number of nitrogens with zero attached hydrogens (tertiary/aromatic N) is 2. The molecule has 0 aliphatic carbocycles. The van der Waals surface area contributed by atoms with Crippen LogP contribution >= 0.6 is 0 Å². The number of aryl methyl sites for hydroxylation is 1. The Hall–Kier alpha value is -0.910. The second-order valence-corrected chi connectivity index (χ2v) is 4.81. The number of hydrogen-bond donors (Lipinski definition) is 0. The van der Waals surface area contributed by atoms with Gasteiger partial charge in [-0.15, -0.1) is 0 Å². The highest BCUT2D eigenvalue weighted by atomic mass is 16.7. The summed E-state index contributed by atoms with van der Waals surface area (Å²) in [6.45, 7) is 6.23. The van der Waals surface area contributed by atoms with E-state index in [0.29, 0.717) is 0 Å². The molecular formula is C12H18N2O3. The summed E-state index contributed by atoms with van der Waals surface area (Å²) in [6.07, 6.45) is 1.90. The number of likely N-dealkylation sites (tertiary alicyclic amines) is 1. The van der Waals surface area contributed by atoms with Gasteiger partial charge in [-0.1, -0.05) is 5.16 Å². The fourth-order valence-corrected chi connectivity index (χ4v) is 2.56. The van der Waals surface area contributed by atoms with Crippen LogP contribution in [0.4, 0.5) is 0 Å². The Kier molecular flexibility index (Phi) is 2.90. The van der Waals surface area contributed by atoms with E-state index in [0.717, 1.165) is 57.1 Å². The van der Waals surface area contributed by atoms with E-state index in [-0.39, 0.29) is 5.79 Å². The Balaban J connectivity index is 1.54. The minimum absolute atomic E-state index is 0.282. The first-order valence-corrected chi connectivity index (χ1v) is 6.18. The molecule has 1 aromatic rings. The number of ether oxygens (including phenoxy) is 2. The van der Waals surface area contributed by atoms with Gasteiger partial charge in [0.15, 0.2) is 5.79 Å². The first kappa shape index (κ1) is 11.2. The van der Waals surface area contributed by atoms with E-state index >= 15 is 0 Å². The van der Waals surface area contributed by atoms with Gasteiger partial charge in [-0.25, -0.2) is 0 Å². The minimum atomic E-state index is -0.282. The molecule has 1 aromatic heterocycles. The molecule has 3 rings (SSSR count). The van der Waals surface area contributed by atoms with E-state index in [1.54, 1.807) is 0 Å². The van der Waals surface area contributed by atoms with Crippen LogP contribution in [-0.2, 0) is 16.0 Å². The molecule has 0 aromatic carbocycles. The van der Waals surface area contributed by atoms with Gasteiger partial charge >= 0.3 is 0 Å². The predicted molar refractivity (Wildman–Crippen MR) is 60.4 cm³/mol. The summed E-state index contributed by atoms with van der Waals surface area (Å²) in [4.78, 5) is 2.37. The Morgan fingerprint density at radius 2 is 2.00 bits per heavy atom. The van der Waals surface area contributed by atoms with Gasteiger partial charge in [0.05, 0.1) is 18.9 Å². The lowest BCUT2D eigenvalue weighted by Gasteiger charge is -2.37. The van der Waals surface area contributed by atoms with Crippen LogP contribution in [0.5, 0.6) is 0 Å². The van der Waals surface area contributed by atoms with Crippen molar-refractivity contribution in [2.75, 3.05) is 26.3 Å². The van der Waals surface area contributed by atoms with E-state index in [1.165, 1.54) is 0 Å². The maximum Gasteiger partial charge on any atom is 0.170 e. The van der Waals surface area contributed by atoms with E-state index in [1.807, 2.05) is 13.0 Å². The van der Waals surface area contributed by atoms with Gasteiger partial charge < -0.3 is 14.0 Å². The van der Waals surface area contributed by atoms with Crippen molar-refractivity contribution in [2.24, 2.45) is 0 Å². The summed E-state index contributed by atoms with van der Waals surface area (Å²) >= 11 is 0. The summed E-state index contributed by atoms with van der Waals surface area (Å²) in [5.41, 5.74) is 1.01. The van der Waals surface area contributed by atoms with Crippen molar-refractivity contribution < 1.29 is 14.0 Å². The molecule has 0 amide bonds. The van der Waals surface area contributed by atoms with Crippen LogP contribution in [0.15, 0.2) is 10.6 Å². The molecule has 2 aliphatic heterocycles. The van der Waals surface area contributed by atoms with Crippen LogP contribution < -0.4 is 0 Å². The van der Waals surface area contributed by atoms with Crippen molar-refractivity contribution in [1.29, 1.82) is 0 Å². The molecule has 2 saturated heterocycles. The van der Waals surface area contributed by atoms with Crippen LogP contribution in [0.25, 0.3) is 0 Å². The molecule has 2 fully saturated rings. The number of rotatable bonds is 2. The van der Waals surface area contributed by atoms with E-state index in [2.05, 4.69) is 10.1 Å². The summed E-state index contributed by atoms with van der Waals surface area (Å²) in [5, 5.41) is 4.02. The predicted octanol–water partition coefficient (Wildman–Crippen LogP) is 1.32. The largest absolute Gasteiger partial charge is 0.361 e. The third-order valence-electron chi connectivity index (χ3n) is 3.49. The van der Waals surface area contributed by atoms with Gasteiger partial charge in [0, 0.05) is 38.5 Å². The first-order valence-electron chi connectivity index (χ1n) is 6.18. The zero-order valence-corrected chi connectivity index (χ0v) is 10.1. The molecular weight excluding hydrogens is 220 g/mol. The molecule has 0 atom stereocenters. The van der Waals surface area contributed by atoms with Gasteiger partial charge in [-0.05, 0) is 6.92 Å². The maximum atomic E-state index is 5.70. The summed E-state index contributed by atoms with van der Waals surface area (Å²) in [7, 11) is 0. The van der Waals surface area contributed by atoms with Gasteiger partial charge in [0.25, 0.3) is 0 Å². The molecule has 0 N–H and O–H groups in total. The molecule has 0 radical (unpaired) electrons. The standard InChI is InChI=1S/C12H18N2O3/c1-10-8-11(13-17-10)9-14-4-2-12(3-5-14)15-6-7-16-12/h8H,2-7,9H2,1H3. The van der Waals surface area contributed by atoms with Crippen LogP contribution in [0, 0.1) is 6.92 Å². The quantitative estimate of drug-likeness (QED) is 0.777. The molecule has 5 nitrogen and oxygen atoms in total. The number of hydrogen-bond acceptors (Lipinski definition) is 5. The molecule has 3 heterocycles. The maximum absolute atomic E-state index is 5.70. The van der Waals surface area contributed by atoms with Crippen LogP contribution in [0.3, 0.4) is 0 Å². The first-order chi connectivity index (χ1) is 8.26. The van der Waals surface area contributed by atoms with Crippen molar-refractivity contribution in [3.8, 4) is 0 Å². The average Bonchev–Trinajstić information content (AvgIpc) is 2.93. The molecule has 5 heteroatoms. The monoisotopic (exact) mass is 238 g/mol. The molecule has 0 unspecified atom stereocenters. The van der Waals surface area contributed by atoms with Crippen molar-refractivity contribution in [1.82, 2.24) is 10.1 Å². The number of piperidine rings is 1. The highest BCUT2D eigenvalue weighted by molar-refractivity contribution is 5.03. The van der Waals surface area contributed by atoms with Crippen LogP contribution in [0.2, 0.25) is 0 Å². The van der Waals surface area contributed by atoms with E-state index in [4.69, 9.17) is 14.0 Å². The summed E-state index contributed by atoms with van der Waals surface area (Å²) in [5.74, 6) is 0.590. The number of aromatic nitrogens is 1. The fourth-order valence-electron chi connectivity index (χ4n) is 2.56. The SMILES string of the molecule is Cc1cc(CN2CCC3(CC2)OCCO3)no1.